The van der Waals surface area contributed by atoms with E-state index in [1.807, 2.05) is 11.4 Å². The number of hydrogen-bond acceptors (Lipinski definition) is 7. The number of nitriles is 1. The molecule has 0 aliphatic carbocycles. The Morgan fingerprint density at radius 1 is 1.26 bits per heavy atom. The van der Waals surface area contributed by atoms with Gasteiger partial charge in [0.05, 0.1) is 11.9 Å². The van der Waals surface area contributed by atoms with E-state index < -0.39 is 0 Å². The maximum absolute atomic E-state index is 8.82. The Hall–Kier alpha value is -2.43. The molecule has 3 rings (SSSR count). The van der Waals surface area contributed by atoms with Gasteiger partial charge in [0.2, 0.25) is 0 Å². The van der Waals surface area contributed by atoms with Crippen LogP contribution in [0.5, 0.6) is 0 Å². The van der Waals surface area contributed by atoms with Crippen molar-refractivity contribution in [1.82, 2.24) is 15.0 Å². The second kappa shape index (κ2) is 6.77. The largest absolute Gasteiger partial charge is 0.382 e. The standard InChI is InChI=1S/C16H13N5S2/c1-10-2-4-11(5-3-10)15-20-13(8-22-15)9-23-16-19-7-12(6-17)14(18)21-16/h2-5,7-8H,9H2,1H3,(H2,18,19,21). The van der Waals surface area contributed by atoms with E-state index in [-0.39, 0.29) is 5.82 Å². The Morgan fingerprint density at radius 2 is 2.04 bits per heavy atom. The quantitative estimate of drug-likeness (QED) is 0.576. The number of anilines is 1. The topological polar surface area (TPSA) is 88.5 Å². The highest BCUT2D eigenvalue weighted by Crippen LogP contribution is 2.27. The fourth-order valence-corrected chi connectivity index (χ4v) is 3.52. The fraction of sp³-hybridized carbons (Fsp3) is 0.125. The number of thioether (sulfide) groups is 1. The summed E-state index contributed by atoms with van der Waals surface area (Å²) in [7, 11) is 0. The van der Waals surface area contributed by atoms with E-state index in [1.54, 1.807) is 11.3 Å². The van der Waals surface area contributed by atoms with Gasteiger partial charge in [-0.2, -0.15) is 5.26 Å². The SMILES string of the molecule is Cc1ccc(-c2nc(CSc3ncc(C#N)c(N)n3)cs2)cc1. The molecular formula is C16H13N5S2. The zero-order chi connectivity index (χ0) is 16.2. The van der Waals surface area contributed by atoms with Crippen LogP contribution >= 0.6 is 23.1 Å². The van der Waals surface area contributed by atoms with E-state index in [0.29, 0.717) is 16.5 Å². The van der Waals surface area contributed by atoms with Crippen molar-refractivity contribution in [2.45, 2.75) is 17.8 Å². The van der Waals surface area contributed by atoms with Crippen LogP contribution in [0.4, 0.5) is 5.82 Å². The first-order chi connectivity index (χ1) is 11.2. The van der Waals surface area contributed by atoms with Gasteiger partial charge in [0.15, 0.2) is 5.16 Å². The van der Waals surface area contributed by atoms with Crippen molar-refractivity contribution in [1.29, 1.82) is 5.26 Å². The molecule has 0 atom stereocenters. The molecule has 2 N–H and O–H groups in total. The molecule has 0 saturated heterocycles. The van der Waals surface area contributed by atoms with Gasteiger partial charge in [-0.1, -0.05) is 41.6 Å². The molecule has 114 valence electrons. The van der Waals surface area contributed by atoms with Crippen molar-refractivity contribution >= 4 is 28.9 Å². The lowest BCUT2D eigenvalue weighted by atomic mass is 10.2. The van der Waals surface area contributed by atoms with E-state index in [4.69, 9.17) is 11.0 Å². The van der Waals surface area contributed by atoms with Gasteiger partial charge in [-0.3, -0.25) is 0 Å². The summed E-state index contributed by atoms with van der Waals surface area (Å²) in [6.07, 6.45) is 1.45. The molecule has 0 radical (unpaired) electrons. The van der Waals surface area contributed by atoms with Crippen molar-refractivity contribution in [2.75, 3.05) is 5.73 Å². The first-order valence-corrected chi connectivity index (χ1v) is 8.69. The van der Waals surface area contributed by atoms with Gasteiger partial charge in [-0.05, 0) is 6.92 Å². The second-order valence-electron chi connectivity index (χ2n) is 4.86. The third kappa shape index (κ3) is 3.67. The second-order valence-corrected chi connectivity index (χ2v) is 6.66. The van der Waals surface area contributed by atoms with Crippen molar-refractivity contribution in [3.05, 3.63) is 52.7 Å². The first-order valence-electron chi connectivity index (χ1n) is 6.82. The molecule has 0 aliphatic heterocycles. The van der Waals surface area contributed by atoms with E-state index in [9.17, 15) is 0 Å². The smallest absolute Gasteiger partial charge is 0.189 e. The molecule has 1 aromatic carbocycles. The van der Waals surface area contributed by atoms with E-state index in [0.717, 1.165) is 16.3 Å². The van der Waals surface area contributed by atoms with Crippen LogP contribution in [0.2, 0.25) is 0 Å². The van der Waals surface area contributed by atoms with E-state index >= 15 is 0 Å². The summed E-state index contributed by atoms with van der Waals surface area (Å²) in [4.78, 5) is 12.9. The summed E-state index contributed by atoms with van der Waals surface area (Å²) in [5, 5.41) is 12.4. The van der Waals surface area contributed by atoms with Crippen LogP contribution in [0.1, 0.15) is 16.8 Å². The summed E-state index contributed by atoms with van der Waals surface area (Å²) in [6.45, 7) is 2.07. The zero-order valence-electron chi connectivity index (χ0n) is 12.4. The number of benzene rings is 1. The monoisotopic (exact) mass is 339 g/mol. The lowest BCUT2D eigenvalue weighted by Crippen LogP contribution is -1.98. The van der Waals surface area contributed by atoms with E-state index in [2.05, 4.69) is 46.1 Å². The van der Waals surface area contributed by atoms with Crippen molar-refractivity contribution < 1.29 is 0 Å². The summed E-state index contributed by atoms with van der Waals surface area (Å²) in [5.41, 5.74) is 9.32. The number of aromatic nitrogens is 3. The van der Waals surface area contributed by atoms with Gasteiger partial charge in [-0.15, -0.1) is 11.3 Å². The van der Waals surface area contributed by atoms with Crippen molar-refractivity contribution in [3.63, 3.8) is 0 Å². The van der Waals surface area contributed by atoms with Gasteiger partial charge in [0.1, 0.15) is 22.5 Å². The Balaban J connectivity index is 1.69. The van der Waals surface area contributed by atoms with Crippen LogP contribution in [0.15, 0.2) is 41.0 Å². The molecule has 23 heavy (non-hydrogen) atoms. The summed E-state index contributed by atoms with van der Waals surface area (Å²) in [5.74, 6) is 0.872. The minimum Gasteiger partial charge on any atom is -0.382 e. The lowest BCUT2D eigenvalue weighted by Gasteiger charge is -2.00. The minimum absolute atomic E-state index is 0.212. The number of aryl methyl sites for hydroxylation is 1. The van der Waals surface area contributed by atoms with Crippen LogP contribution in [0.25, 0.3) is 10.6 Å². The molecule has 5 nitrogen and oxygen atoms in total. The van der Waals surface area contributed by atoms with Crippen LogP contribution in [0, 0.1) is 18.3 Å². The Kier molecular flexibility index (Phi) is 4.55. The predicted octanol–water partition coefficient (Wildman–Crippen LogP) is 3.65. The van der Waals surface area contributed by atoms with Gasteiger partial charge in [0, 0.05) is 16.7 Å². The van der Waals surface area contributed by atoms with Crippen LogP contribution in [-0.4, -0.2) is 15.0 Å². The third-order valence-corrected chi connectivity index (χ3v) is 4.95. The van der Waals surface area contributed by atoms with Gasteiger partial charge < -0.3 is 5.73 Å². The molecule has 0 aliphatic rings. The normalized spacial score (nSPS) is 10.4. The molecule has 2 aromatic heterocycles. The number of rotatable bonds is 4. The number of nitrogens with two attached hydrogens (primary N) is 1. The maximum atomic E-state index is 8.82. The summed E-state index contributed by atoms with van der Waals surface area (Å²) in [6, 6.07) is 10.3. The Bertz CT molecular complexity index is 865. The molecule has 0 bridgehead atoms. The molecule has 3 aromatic rings. The predicted molar refractivity (Wildman–Crippen MR) is 93.0 cm³/mol. The first kappa shape index (κ1) is 15.5. The third-order valence-electron chi connectivity index (χ3n) is 3.12. The highest BCUT2D eigenvalue weighted by Gasteiger charge is 2.08. The molecule has 2 heterocycles. The molecule has 0 spiro atoms. The molecular weight excluding hydrogens is 326 g/mol. The number of nitrogens with zero attached hydrogens (tertiary/aromatic N) is 4. The number of hydrogen-bond donors (Lipinski definition) is 1. The van der Waals surface area contributed by atoms with Crippen LogP contribution in [-0.2, 0) is 5.75 Å². The van der Waals surface area contributed by atoms with E-state index in [1.165, 1.54) is 23.5 Å². The number of thiazole rings is 1. The van der Waals surface area contributed by atoms with Crippen molar-refractivity contribution in [3.8, 4) is 16.6 Å². The van der Waals surface area contributed by atoms with Crippen molar-refractivity contribution in [2.24, 2.45) is 0 Å². The average molecular weight is 339 g/mol. The highest BCUT2D eigenvalue weighted by molar-refractivity contribution is 7.98. The minimum atomic E-state index is 0.212. The average Bonchev–Trinajstić information content (AvgIpc) is 3.03. The summed E-state index contributed by atoms with van der Waals surface area (Å²) < 4.78 is 0. The Morgan fingerprint density at radius 3 is 2.74 bits per heavy atom. The summed E-state index contributed by atoms with van der Waals surface area (Å²) >= 11 is 3.07. The van der Waals surface area contributed by atoms with Gasteiger partial charge in [-0.25, -0.2) is 15.0 Å². The van der Waals surface area contributed by atoms with Crippen LogP contribution in [0.3, 0.4) is 0 Å². The molecule has 7 heteroatoms. The fourth-order valence-electron chi connectivity index (χ4n) is 1.87. The lowest BCUT2D eigenvalue weighted by molar-refractivity contribution is 0.967. The molecule has 0 amide bonds. The Labute approximate surface area is 142 Å². The van der Waals surface area contributed by atoms with Gasteiger partial charge in [0.25, 0.3) is 0 Å². The molecule has 0 fully saturated rings. The molecule has 0 saturated carbocycles. The molecule has 0 unspecified atom stereocenters. The maximum Gasteiger partial charge on any atom is 0.189 e. The zero-order valence-corrected chi connectivity index (χ0v) is 14.0. The van der Waals surface area contributed by atoms with Crippen LogP contribution < -0.4 is 5.73 Å². The highest BCUT2D eigenvalue weighted by atomic mass is 32.2. The number of nitrogen functional groups attached to an aromatic ring is 1. The van der Waals surface area contributed by atoms with Gasteiger partial charge >= 0.3 is 0 Å².